The number of ether oxygens (including phenoxy) is 1. The van der Waals surface area contributed by atoms with Gasteiger partial charge in [-0.25, -0.2) is 14.1 Å². The first-order chi connectivity index (χ1) is 16.3. The maximum Gasteiger partial charge on any atom is 0.338 e. The molecule has 0 aliphatic carbocycles. The van der Waals surface area contributed by atoms with Crippen LogP contribution in [0.5, 0.6) is 0 Å². The Balaban J connectivity index is 1.52. The van der Waals surface area contributed by atoms with E-state index in [1.165, 1.54) is 49.4 Å². The Kier molecular flexibility index (Phi) is 5.89. The molecule has 1 heterocycles. The lowest BCUT2D eigenvalue weighted by atomic mass is 10.1. The summed E-state index contributed by atoms with van der Waals surface area (Å²) in [6, 6.07) is 15.7. The van der Waals surface area contributed by atoms with Crippen molar-refractivity contribution in [3.63, 3.8) is 0 Å². The summed E-state index contributed by atoms with van der Waals surface area (Å²) in [5, 5.41) is 11.5. The van der Waals surface area contributed by atoms with Crippen LogP contribution in [0, 0.1) is 17.1 Å². The van der Waals surface area contributed by atoms with Gasteiger partial charge in [0.2, 0.25) is 5.91 Å². The van der Waals surface area contributed by atoms with Crippen LogP contribution in [0.25, 0.3) is 0 Å². The van der Waals surface area contributed by atoms with Gasteiger partial charge in [0.25, 0.3) is 11.8 Å². The van der Waals surface area contributed by atoms with Gasteiger partial charge < -0.3 is 10.1 Å². The minimum absolute atomic E-state index is 0.0135. The molecule has 0 spiro atoms. The number of nitriles is 1. The van der Waals surface area contributed by atoms with E-state index in [0.29, 0.717) is 11.4 Å². The number of fused-ring (bicyclic) bond motifs is 1. The van der Waals surface area contributed by atoms with E-state index in [2.05, 4.69) is 5.32 Å². The van der Waals surface area contributed by atoms with Crippen molar-refractivity contribution in [1.29, 1.82) is 5.26 Å². The van der Waals surface area contributed by atoms with Crippen LogP contribution in [-0.2, 0) is 16.1 Å². The Labute approximate surface area is 193 Å². The fourth-order valence-electron chi connectivity index (χ4n) is 3.48. The number of nitrogens with one attached hydrogen (secondary N) is 1. The van der Waals surface area contributed by atoms with Gasteiger partial charge >= 0.3 is 5.97 Å². The Morgan fingerprint density at radius 3 is 2.38 bits per heavy atom. The number of hydrogen-bond donors (Lipinski definition) is 1. The Morgan fingerprint density at radius 2 is 1.71 bits per heavy atom. The first-order valence-electron chi connectivity index (χ1n) is 10.0. The van der Waals surface area contributed by atoms with Crippen LogP contribution in [0.4, 0.5) is 15.8 Å². The lowest BCUT2D eigenvalue weighted by molar-refractivity contribution is -0.114. The van der Waals surface area contributed by atoms with E-state index in [1.54, 1.807) is 12.1 Å². The van der Waals surface area contributed by atoms with Crippen molar-refractivity contribution < 1.29 is 28.3 Å². The zero-order chi connectivity index (χ0) is 24.4. The van der Waals surface area contributed by atoms with Crippen LogP contribution in [0.3, 0.4) is 0 Å². The molecule has 1 N–H and O–H groups in total. The summed E-state index contributed by atoms with van der Waals surface area (Å²) < 4.78 is 19.1. The number of imide groups is 1. The van der Waals surface area contributed by atoms with Crippen LogP contribution in [0.1, 0.15) is 49.1 Å². The second-order valence-corrected chi connectivity index (χ2v) is 7.43. The molecule has 3 aromatic carbocycles. The molecular formula is C25H16FN3O5. The van der Waals surface area contributed by atoms with Crippen molar-refractivity contribution >= 4 is 35.1 Å². The van der Waals surface area contributed by atoms with Crippen LogP contribution < -0.4 is 10.2 Å². The minimum Gasteiger partial charge on any atom is -0.457 e. The maximum atomic E-state index is 13.9. The molecule has 168 valence electrons. The fraction of sp³-hybridized carbons (Fsp3) is 0.0800. The molecule has 0 unspecified atom stereocenters. The molecular weight excluding hydrogens is 441 g/mol. The number of benzene rings is 3. The van der Waals surface area contributed by atoms with Crippen LogP contribution in [0.2, 0.25) is 0 Å². The third kappa shape index (κ3) is 4.25. The highest BCUT2D eigenvalue weighted by atomic mass is 19.1. The molecule has 0 aromatic heterocycles. The summed E-state index contributed by atoms with van der Waals surface area (Å²) in [5.74, 6) is -2.87. The summed E-state index contributed by atoms with van der Waals surface area (Å²) in [6.07, 6.45) is 0. The number of carbonyl (C=O) groups excluding carboxylic acids is 4. The predicted octanol–water partition coefficient (Wildman–Crippen LogP) is 3.81. The van der Waals surface area contributed by atoms with Gasteiger partial charge in [-0.3, -0.25) is 14.4 Å². The number of halogens is 1. The normalized spacial score (nSPS) is 12.2. The highest BCUT2D eigenvalue weighted by Crippen LogP contribution is 2.30. The molecule has 0 radical (unpaired) electrons. The zero-order valence-corrected chi connectivity index (χ0v) is 17.8. The Bertz CT molecular complexity index is 1390. The largest absolute Gasteiger partial charge is 0.457 e. The van der Waals surface area contributed by atoms with Gasteiger partial charge in [0.15, 0.2) is 0 Å². The van der Waals surface area contributed by atoms with E-state index < -0.39 is 30.2 Å². The van der Waals surface area contributed by atoms with Crippen LogP contribution in [-0.4, -0.2) is 23.7 Å². The summed E-state index contributed by atoms with van der Waals surface area (Å²) >= 11 is 0. The lowest BCUT2D eigenvalue weighted by Crippen LogP contribution is -2.29. The van der Waals surface area contributed by atoms with Crippen molar-refractivity contribution in [2.24, 2.45) is 0 Å². The van der Waals surface area contributed by atoms with Gasteiger partial charge in [0.05, 0.1) is 34.0 Å². The molecule has 0 atom stereocenters. The van der Waals surface area contributed by atoms with Gasteiger partial charge in [0.1, 0.15) is 12.4 Å². The molecule has 0 saturated carbocycles. The smallest absolute Gasteiger partial charge is 0.338 e. The van der Waals surface area contributed by atoms with Crippen molar-refractivity contribution in [3.05, 3.63) is 94.3 Å². The molecule has 0 bridgehead atoms. The second kappa shape index (κ2) is 8.96. The molecule has 0 saturated heterocycles. The van der Waals surface area contributed by atoms with E-state index in [1.807, 2.05) is 6.07 Å². The van der Waals surface area contributed by atoms with E-state index in [0.717, 1.165) is 11.0 Å². The van der Waals surface area contributed by atoms with Crippen molar-refractivity contribution in [2.75, 3.05) is 10.2 Å². The Hall–Kier alpha value is -4.84. The van der Waals surface area contributed by atoms with Gasteiger partial charge in [-0.05, 0) is 60.7 Å². The van der Waals surface area contributed by atoms with E-state index in [9.17, 15) is 23.6 Å². The number of esters is 1. The fourth-order valence-corrected chi connectivity index (χ4v) is 3.48. The zero-order valence-electron chi connectivity index (χ0n) is 17.8. The molecule has 0 fully saturated rings. The summed E-state index contributed by atoms with van der Waals surface area (Å²) in [7, 11) is 0. The molecule has 1 aliphatic rings. The van der Waals surface area contributed by atoms with Crippen molar-refractivity contribution in [3.8, 4) is 6.07 Å². The van der Waals surface area contributed by atoms with Crippen LogP contribution >= 0.6 is 0 Å². The summed E-state index contributed by atoms with van der Waals surface area (Å²) in [6.45, 7) is 0.956. The number of rotatable bonds is 5. The first kappa shape index (κ1) is 22.4. The lowest BCUT2D eigenvalue weighted by Gasteiger charge is -2.14. The standard InChI is InChI=1S/C25H16FN3O5/c1-14(30)28-18-4-6-19(7-5-18)29-23(31)20-8-3-16(11-21(20)24(29)32)25(33)34-13-17-10-15(12-27)2-9-22(17)26/h2-11H,13H2,1H3,(H,28,30). The van der Waals surface area contributed by atoms with Gasteiger partial charge in [-0.2, -0.15) is 5.26 Å². The van der Waals surface area contributed by atoms with Crippen molar-refractivity contribution in [1.82, 2.24) is 0 Å². The molecule has 8 nitrogen and oxygen atoms in total. The highest BCUT2D eigenvalue weighted by molar-refractivity contribution is 6.34. The molecule has 34 heavy (non-hydrogen) atoms. The highest BCUT2D eigenvalue weighted by Gasteiger charge is 2.37. The quantitative estimate of drug-likeness (QED) is 0.460. The SMILES string of the molecule is CC(=O)Nc1ccc(N2C(=O)c3ccc(C(=O)OCc4cc(C#N)ccc4F)cc3C2=O)cc1. The number of hydrogen-bond acceptors (Lipinski definition) is 6. The number of anilines is 2. The predicted molar refractivity (Wildman–Crippen MR) is 119 cm³/mol. The number of amides is 3. The second-order valence-electron chi connectivity index (χ2n) is 7.43. The molecule has 3 aromatic rings. The van der Waals surface area contributed by atoms with Gasteiger partial charge in [-0.1, -0.05) is 0 Å². The van der Waals surface area contributed by atoms with Gasteiger partial charge in [0, 0.05) is 18.2 Å². The molecule has 9 heteroatoms. The average Bonchev–Trinajstić information content (AvgIpc) is 3.08. The van der Waals surface area contributed by atoms with Gasteiger partial charge in [-0.15, -0.1) is 0 Å². The maximum absolute atomic E-state index is 13.9. The molecule has 4 rings (SSSR count). The molecule has 3 amide bonds. The van der Waals surface area contributed by atoms with Crippen molar-refractivity contribution in [2.45, 2.75) is 13.5 Å². The summed E-state index contributed by atoms with van der Waals surface area (Å²) in [4.78, 5) is 50.4. The number of nitrogens with zero attached hydrogens (tertiary/aromatic N) is 2. The third-order valence-electron chi connectivity index (χ3n) is 5.10. The van der Waals surface area contributed by atoms with E-state index in [-0.39, 0.29) is 33.7 Å². The monoisotopic (exact) mass is 457 g/mol. The number of carbonyl (C=O) groups is 4. The third-order valence-corrected chi connectivity index (χ3v) is 5.10. The first-order valence-corrected chi connectivity index (χ1v) is 10.0. The topological polar surface area (TPSA) is 117 Å². The minimum atomic E-state index is -0.817. The molecule has 1 aliphatic heterocycles. The van der Waals surface area contributed by atoms with E-state index in [4.69, 9.17) is 10.00 Å². The van der Waals surface area contributed by atoms with E-state index >= 15 is 0 Å². The summed E-state index contributed by atoms with van der Waals surface area (Å²) in [5.41, 5.74) is 1.24. The average molecular weight is 457 g/mol. The van der Waals surface area contributed by atoms with Crippen LogP contribution in [0.15, 0.2) is 60.7 Å². The Morgan fingerprint density at radius 1 is 1.00 bits per heavy atom.